The third-order valence-corrected chi connectivity index (χ3v) is 6.87. The maximum absolute atomic E-state index is 13.3. The fourth-order valence-electron chi connectivity index (χ4n) is 4.58. The van der Waals surface area contributed by atoms with E-state index >= 15 is 0 Å². The van der Waals surface area contributed by atoms with Crippen LogP contribution in [0.3, 0.4) is 0 Å². The van der Waals surface area contributed by atoms with E-state index in [1.807, 2.05) is 78.9 Å². The van der Waals surface area contributed by atoms with Gasteiger partial charge in [-0.1, -0.05) is 66.7 Å². The molecule has 2 heterocycles. The zero-order valence-corrected chi connectivity index (χ0v) is 25.0. The summed E-state index contributed by atoms with van der Waals surface area (Å²) in [6.45, 7) is 0.785. The number of nitrogens with one attached hydrogen (secondary N) is 4. The number of hydrazine groups is 1. The van der Waals surface area contributed by atoms with Crippen LogP contribution in [0.2, 0.25) is 0 Å². The highest BCUT2D eigenvalue weighted by Gasteiger charge is 2.17. The molecule has 0 saturated carbocycles. The monoisotopic (exact) mass is 604 g/mol. The molecule has 4 N–H and O–H groups in total. The molecule has 45 heavy (non-hydrogen) atoms. The first-order valence-corrected chi connectivity index (χ1v) is 14.0. The van der Waals surface area contributed by atoms with Gasteiger partial charge in [0.25, 0.3) is 5.56 Å². The summed E-state index contributed by atoms with van der Waals surface area (Å²) in [7, 11) is 4.81. The first kappa shape index (κ1) is 30.3. The molecule has 13 nitrogen and oxygen atoms in total. The summed E-state index contributed by atoms with van der Waals surface area (Å²) in [5.41, 5.74) is 8.84. The lowest BCUT2D eigenvalue weighted by atomic mass is 10.1. The molecule has 0 bridgehead atoms. The average Bonchev–Trinajstić information content (AvgIpc) is 3.08. The minimum absolute atomic E-state index is 0.0759. The number of para-hydroxylation sites is 2. The van der Waals surface area contributed by atoms with Crippen LogP contribution in [-0.2, 0) is 26.6 Å². The van der Waals surface area contributed by atoms with Crippen molar-refractivity contribution in [2.45, 2.75) is 19.5 Å². The van der Waals surface area contributed by atoms with Crippen LogP contribution < -0.4 is 36.5 Å². The quantitative estimate of drug-likeness (QED) is 0.140. The number of aromatic nitrogens is 5. The Hall–Kier alpha value is -6.16. The van der Waals surface area contributed by atoms with Crippen LogP contribution in [0.25, 0.3) is 11.3 Å². The molecule has 0 saturated heterocycles. The van der Waals surface area contributed by atoms with Crippen molar-refractivity contribution >= 4 is 23.8 Å². The summed E-state index contributed by atoms with van der Waals surface area (Å²) in [5.74, 6) is 2.40. The molecule has 0 atom stereocenters. The van der Waals surface area contributed by atoms with Gasteiger partial charge < -0.3 is 20.1 Å². The van der Waals surface area contributed by atoms with Crippen molar-refractivity contribution < 1.29 is 9.47 Å². The number of benzene rings is 3. The summed E-state index contributed by atoms with van der Waals surface area (Å²) in [6.07, 6.45) is -0.0759. The molecule has 0 aliphatic rings. The Morgan fingerprint density at radius 3 is 1.82 bits per heavy atom. The first-order chi connectivity index (χ1) is 22.0. The van der Waals surface area contributed by atoms with Gasteiger partial charge in [0.1, 0.15) is 11.5 Å². The Bertz CT molecular complexity index is 1800. The zero-order chi connectivity index (χ0) is 31.6. The SMILES string of the molecule is COc1ccccc1CNc1nc(NCc2ccccc2OC)nc(NNc2nc(-c3ccccc3)c(CC#N)c(=O)n2C)n1. The minimum atomic E-state index is -0.344. The average molecular weight is 605 g/mol. The van der Waals surface area contributed by atoms with E-state index in [-0.39, 0.29) is 23.9 Å². The van der Waals surface area contributed by atoms with Crippen LogP contribution in [0.15, 0.2) is 83.7 Å². The van der Waals surface area contributed by atoms with Gasteiger partial charge >= 0.3 is 0 Å². The second-order valence-electron chi connectivity index (χ2n) is 9.71. The Balaban J connectivity index is 1.44. The van der Waals surface area contributed by atoms with Crippen LogP contribution in [0, 0.1) is 11.3 Å². The summed E-state index contributed by atoms with van der Waals surface area (Å²) >= 11 is 0. The largest absolute Gasteiger partial charge is 0.496 e. The van der Waals surface area contributed by atoms with Gasteiger partial charge in [-0.2, -0.15) is 20.2 Å². The highest BCUT2D eigenvalue weighted by atomic mass is 16.5. The summed E-state index contributed by atoms with van der Waals surface area (Å²) in [4.78, 5) is 31.5. The molecule has 5 aromatic rings. The number of nitrogens with zero attached hydrogens (tertiary/aromatic N) is 6. The van der Waals surface area contributed by atoms with Crippen LogP contribution in [0.4, 0.5) is 23.8 Å². The van der Waals surface area contributed by atoms with Crippen molar-refractivity contribution in [2.24, 2.45) is 7.05 Å². The zero-order valence-electron chi connectivity index (χ0n) is 25.0. The molecular weight excluding hydrogens is 572 g/mol. The topological polar surface area (TPSA) is 164 Å². The van der Waals surface area contributed by atoms with Gasteiger partial charge in [0, 0.05) is 36.8 Å². The van der Waals surface area contributed by atoms with Gasteiger partial charge in [0.15, 0.2) is 0 Å². The number of hydrogen-bond acceptors (Lipinski definition) is 12. The van der Waals surface area contributed by atoms with E-state index in [1.54, 1.807) is 21.3 Å². The van der Waals surface area contributed by atoms with Crippen molar-refractivity contribution in [1.29, 1.82) is 5.26 Å². The number of anilines is 4. The van der Waals surface area contributed by atoms with E-state index < -0.39 is 0 Å². The van der Waals surface area contributed by atoms with Crippen molar-refractivity contribution in [3.8, 4) is 28.8 Å². The van der Waals surface area contributed by atoms with Crippen molar-refractivity contribution in [1.82, 2.24) is 24.5 Å². The predicted molar refractivity (Wildman–Crippen MR) is 172 cm³/mol. The second-order valence-corrected chi connectivity index (χ2v) is 9.71. The van der Waals surface area contributed by atoms with Crippen LogP contribution in [0.1, 0.15) is 16.7 Å². The van der Waals surface area contributed by atoms with Gasteiger partial charge in [-0.05, 0) is 12.1 Å². The van der Waals surface area contributed by atoms with E-state index in [9.17, 15) is 10.1 Å². The highest BCUT2D eigenvalue weighted by Crippen LogP contribution is 2.23. The smallest absolute Gasteiger partial charge is 0.259 e. The number of ether oxygens (including phenoxy) is 2. The maximum atomic E-state index is 13.3. The third-order valence-electron chi connectivity index (χ3n) is 6.87. The van der Waals surface area contributed by atoms with E-state index in [0.717, 1.165) is 22.6 Å². The summed E-state index contributed by atoms with van der Waals surface area (Å²) in [5, 5.41) is 15.8. The van der Waals surface area contributed by atoms with Crippen LogP contribution in [0.5, 0.6) is 11.5 Å². The molecule has 5 rings (SSSR count). The van der Waals surface area contributed by atoms with Crippen molar-refractivity contribution in [3.05, 3.63) is 106 Å². The highest BCUT2D eigenvalue weighted by molar-refractivity contribution is 5.65. The Labute approximate surface area is 259 Å². The molecule has 0 radical (unpaired) electrons. The normalized spacial score (nSPS) is 10.4. The fourth-order valence-corrected chi connectivity index (χ4v) is 4.58. The second kappa shape index (κ2) is 14.3. The molecule has 0 spiro atoms. The molecule has 0 amide bonds. The number of rotatable bonds is 13. The maximum Gasteiger partial charge on any atom is 0.259 e. The summed E-state index contributed by atoms with van der Waals surface area (Å²) < 4.78 is 12.3. The van der Waals surface area contributed by atoms with Gasteiger partial charge in [0.2, 0.25) is 23.8 Å². The Kier molecular flexibility index (Phi) is 9.66. The molecule has 3 aromatic carbocycles. The van der Waals surface area contributed by atoms with Gasteiger partial charge in [-0.25, -0.2) is 4.98 Å². The lowest BCUT2D eigenvalue weighted by Crippen LogP contribution is -2.28. The Morgan fingerprint density at radius 2 is 1.27 bits per heavy atom. The van der Waals surface area contributed by atoms with Gasteiger partial charge in [-0.3, -0.25) is 20.2 Å². The molecule has 2 aromatic heterocycles. The van der Waals surface area contributed by atoms with Crippen LogP contribution >= 0.6 is 0 Å². The third kappa shape index (κ3) is 7.26. The molecular formula is C32H32N10O3. The van der Waals surface area contributed by atoms with Crippen molar-refractivity contribution in [3.63, 3.8) is 0 Å². The predicted octanol–water partition coefficient (Wildman–Crippen LogP) is 4.38. The van der Waals surface area contributed by atoms with Crippen molar-refractivity contribution in [2.75, 3.05) is 35.7 Å². The number of nitriles is 1. The van der Waals surface area contributed by atoms with E-state index in [2.05, 4.69) is 47.5 Å². The van der Waals surface area contributed by atoms with E-state index in [0.29, 0.717) is 41.8 Å². The molecule has 0 aliphatic heterocycles. The molecule has 228 valence electrons. The molecule has 13 heteroatoms. The number of hydrogen-bond donors (Lipinski definition) is 4. The summed E-state index contributed by atoms with van der Waals surface area (Å²) in [6, 6.07) is 26.6. The first-order valence-electron chi connectivity index (χ1n) is 14.0. The minimum Gasteiger partial charge on any atom is -0.496 e. The van der Waals surface area contributed by atoms with E-state index in [1.165, 1.54) is 4.57 Å². The fraction of sp³-hybridized carbons (Fsp3) is 0.188. The Morgan fingerprint density at radius 1 is 0.733 bits per heavy atom. The lowest BCUT2D eigenvalue weighted by molar-refractivity contribution is 0.410. The van der Waals surface area contributed by atoms with Gasteiger partial charge in [-0.15, -0.1) is 0 Å². The van der Waals surface area contributed by atoms with Crippen LogP contribution in [-0.4, -0.2) is 38.7 Å². The molecule has 0 fully saturated rings. The van der Waals surface area contributed by atoms with E-state index in [4.69, 9.17) is 9.47 Å². The lowest BCUT2D eigenvalue weighted by Gasteiger charge is -2.16. The molecule has 0 unspecified atom stereocenters. The standard InChI is InChI=1S/C32H32N10O3/c1-42-28(43)24(17-18-33)27(21-11-5-4-6-12-21)36-32(42)41-40-31-38-29(34-19-22-13-7-9-15-25(22)44-2)37-30(39-31)35-20-23-14-8-10-16-26(23)45-3/h4-16H,17,19-20H2,1-3H3,(H,36,41)(H3,34,35,37,38,39,40). The number of methoxy groups -OCH3 is 2. The molecule has 0 aliphatic carbocycles. The van der Waals surface area contributed by atoms with Gasteiger partial charge in [0.05, 0.1) is 38.0 Å².